The molecule has 122 valence electrons. The fourth-order valence-corrected chi connectivity index (χ4v) is 4.30. The number of hydrogen-bond donors (Lipinski definition) is 0. The molecule has 3 rings (SSSR count). The van der Waals surface area contributed by atoms with Crippen LogP contribution in [0.1, 0.15) is 41.1 Å². The van der Waals surface area contributed by atoms with Gasteiger partial charge in [-0.2, -0.15) is 0 Å². The Kier molecular flexibility index (Phi) is 4.60. The smallest absolute Gasteiger partial charge is 0.259 e. The van der Waals surface area contributed by atoms with E-state index in [2.05, 4.69) is 32.0 Å². The lowest BCUT2D eigenvalue weighted by Gasteiger charge is -2.15. The second-order valence-corrected chi connectivity index (χ2v) is 7.01. The third-order valence-electron chi connectivity index (χ3n) is 4.18. The zero-order valence-electron chi connectivity index (χ0n) is 14.0. The van der Waals surface area contributed by atoms with E-state index in [-0.39, 0.29) is 11.8 Å². The quantitative estimate of drug-likeness (QED) is 0.807. The number of nitrogens with zero attached hydrogens (tertiary/aromatic N) is 2. The normalized spacial score (nSPS) is 16.6. The van der Waals surface area contributed by atoms with Crippen molar-refractivity contribution in [2.45, 2.75) is 45.0 Å². The molecule has 0 aliphatic carbocycles. The van der Waals surface area contributed by atoms with Gasteiger partial charge in [0.25, 0.3) is 5.56 Å². The summed E-state index contributed by atoms with van der Waals surface area (Å²) in [6.45, 7) is 6.21. The van der Waals surface area contributed by atoms with E-state index in [1.54, 1.807) is 23.4 Å². The van der Waals surface area contributed by atoms with Crippen molar-refractivity contribution in [3.05, 3.63) is 56.5 Å². The first-order valence-corrected chi connectivity index (χ1v) is 8.89. The Morgan fingerprint density at radius 2 is 2.00 bits per heavy atom. The van der Waals surface area contributed by atoms with Crippen molar-refractivity contribution in [1.29, 1.82) is 0 Å². The topological polar surface area (TPSA) is 44.1 Å². The third kappa shape index (κ3) is 3.08. The number of aromatic nitrogens is 2. The SMILES string of the molecule is CCc1c(Cc2cc(C)cc(C)c2)nc2n(c1=O)C(OC)CS2. The molecule has 1 aliphatic heterocycles. The number of methoxy groups -OCH3 is 1. The average molecular weight is 330 g/mol. The van der Waals surface area contributed by atoms with Gasteiger partial charge in [-0.25, -0.2) is 4.98 Å². The highest BCUT2D eigenvalue weighted by atomic mass is 32.2. The fraction of sp³-hybridized carbons (Fsp3) is 0.444. The summed E-state index contributed by atoms with van der Waals surface area (Å²) in [5.74, 6) is 0.745. The Labute approximate surface area is 140 Å². The minimum absolute atomic E-state index is 0.0497. The number of hydrogen-bond acceptors (Lipinski definition) is 4. The Balaban J connectivity index is 2.06. The van der Waals surface area contributed by atoms with Gasteiger partial charge in [0, 0.05) is 24.8 Å². The summed E-state index contributed by atoms with van der Waals surface area (Å²) >= 11 is 1.59. The first-order valence-electron chi connectivity index (χ1n) is 7.90. The molecule has 0 N–H and O–H groups in total. The molecule has 0 saturated heterocycles. The molecule has 0 spiro atoms. The molecule has 0 fully saturated rings. The molecule has 1 aliphatic rings. The van der Waals surface area contributed by atoms with Gasteiger partial charge in [-0.1, -0.05) is 48.0 Å². The van der Waals surface area contributed by atoms with E-state index in [9.17, 15) is 4.79 Å². The number of thioether (sulfide) groups is 1. The average Bonchev–Trinajstić information content (AvgIpc) is 2.89. The van der Waals surface area contributed by atoms with Crippen LogP contribution in [-0.2, 0) is 17.6 Å². The second kappa shape index (κ2) is 6.49. The minimum atomic E-state index is -0.199. The van der Waals surface area contributed by atoms with E-state index in [1.807, 2.05) is 6.92 Å². The molecule has 5 heteroatoms. The molecule has 1 aromatic carbocycles. The number of benzene rings is 1. The molecule has 1 atom stereocenters. The van der Waals surface area contributed by atoms with E-state index < -0.39 is 0 Å². The number of aryl methyl sites for hydroxylation is 2. The van der Waals surface area contributed by atoms with Gasteiger partial charge in [-0.15, -0.1) is 0 Å². The van der Waals surface area contributed by atoms with Gasteiger partial charge >= 0.3 is 0 Å². The zero-order chi connectivity index (χ0) is 16.6. The summed E-state index contributed by atoms with van der Waals surface area (Å²) in [6, 6.07) is 6.50. The van der Waals surface area contributed by atoms with Crippen molar-refractivity contribution in [3.8, 4) is 0 Å². The standard InChI is InChI=1S/C18H22N2O2S/c1-5-14-15(9-13-7-11(2)6-12(3)8-13)19-18-20(17(14)21)16(22-4)10-23-18/h6-8,16H,5,9-10H2,1-4H3. The van der Waals surface area contributed by atoms with Crippen LogP contribution >= 0.6 is 11.8 Å². The van der Waals surface area contributed by atoms with Crippen molar-refractivity contribution in [2.24, 2.45) is 0 Å². The van der Waals surface area contributed by atoms with E-state index in [4.69, 9.17) is 9.72 Å². The minimum Gasteiger partial charge on any atom is -0.360 e. The van der Waals surface area contributed by atoms with Crippen LogP contribution in [0.5, 0.6) is 0 Å². The summed E-state index contributed by atoms with van der Waals surface area (Å²) < 4.78 is 7.11. The first-order chi connectivity index (χ1) is 11.0. The lowest BCUT2D eigenvalue weighted by atomic mass is 10.0. The van der Waals surface area contributed by atoms with Gasteiger partial charge in [0.15, 0.2) is 5.16 Å². The molecule has 0 radical (unpaired) electrons. The third-order valence-corrected chi connectivity index (χ3v) is 5.18. The lowest BCUT2D eigenvalue weighted by Crippen LogP contribution is -2.30. The van der Waals surface area contributed by atoms with E-state index in [0.29, 0.717) is 12.8 Å². The summed E-state index contributed by atoms with van der Waals surface area (Å²) in [5, 5.41) is 0.776. The second-order valence-electron chi connectivity index (χ2n) is 6.02. The lowest BCUT2D eigenvalue weighted by molar-refractivity contribution is 0.0583. The Hall–Kier alpha value is -1.59. The van der Waals surface area contributed by atoms with Crippen molar-refractivity contribution in [1.82, 2.24) is 9.55 Å². The summed E-state index contributed by atoms with van der Waals surface area (Å²) in [6.07, 6.45) is 1.19. The van der Waals surface area contributed by atoms with Crippen molar-refractivity contribution in [2.75, 3.05) is 12.9 Å². The monoisotopic (exact) mass is 330 g/mol. The number of rotatable bonds is 4. The van der Waals surface area contributed by atoms with Gasteiger partial charge < -0.3 is 4.74 Å². The highest BCUT2D eigenvalue weighted by Gasteiger charge is 2.27. The van der Waals surface area contributed by atoms with Crippen LogP contribution in [0.15, 0.2) is 28.2 Å². The van der Waals surface area contributed by atoms with Gasteiger partial charge in [0.2, 0.25) is 0 Å². The molecular weight excluding hydrogens is 308 g/mol. The highest BCUT2D eigenvalue weighted by molar-refractivity contribution is 7.99. The Bertz CT molecular complexity index is 778. The molecule has 4 nitrogen and oxygen atoms in total. The maximum absolute atomic E-state index is 12.8. The number of ether oxygens (including phenoxy) is 1. The first kappa shape index (κ1) is 16.3. The van der Waals surface area contributed by atoms with Crippen LogP contribution in [0.25, 0.3) is 0 Å². The molecular formula is C18H22N2O2S. The van der Waals surface area contributed by atoms with Gasteiger partial charge in [0.05, 0.1) is 5.69 Å². The molecule has 0 bridgehead atoms. The Morgan fingerprint density at radius 3 is 2.61 bits per heavy atom. The van der Waals surface area contributed by atoms with Crippen LogP contribution in [-0.4, -0.2) is 22.4 Å². The molecule has 2 heterocycles. The van der Waals surface area contributed by atoms with Gasteiger partial charge in [0.1, 0.15) is 6.23 Å². The van der Waals surface area contributed by atoms with Crippen LogP contribution < -0.4 is 5.56 Å². The summed E-state index contributed by atoms with van der Waals surface area (Å²) in [5.41, 5.74) is 5.44. The van der Waals surface area contributed by atoms with Crippen molar-refractivity contribution >= 4 is 11.8 Å². The molecule has 0 saturated carbocycles. The largest absolute Gasteiger partial charge is 0.360 e. The fourth-order valence-electron chi connectivity index (χ4n) is 3.21. The maximum atomic E-state index is 12.8. The maximum Gasteiger partial charge on any atom is 0.259 e. The van der Waals surface area contributed by atoms with Crippen LogP contribution in [0.3, 0.4) is 0 Å². The molecule has 1 unspecified atom stereocenters. The van der Waals surface area contributed by atoms with E-state index >= 15 is 0 Å². The van der Waals surface area contributed by atoms with Gasteiger partial charge in [-0.3, -0.25) is 9.36 Å². The van der Waals surface area contributed by atoms with Crippen LogP contribution in [0, 0.1) is 13.8 Å². The molecule has 23 heavy (non-hydrogen) atoms. The van der Waals surface area contributed by atoms with Crippen molar-refractivity contribution in [3.63, 3.8) is 0 Å². The summed E-state index contributed by atoms with van der Waals surface area (Å²) in [4.78, 5) is 17.6. The molecule has 2 aromatic rings. The van der Waals surface area contributed by atoms with Crippen molar-refractivity contribution < 1.29 is 4.74 Å². The van der Waals surface area contributed by atoms with E-state index in [0.717, 1.165) is 22.2 Å². The predicted molar refractivity (Wildman–Crippen MR) is 93.4 cm³/mol. The number of fused-ring (bicyclic) bond motifs is 1. The highest BCUT2D eigenvalue weighted by Crippen LogP contribution is 2.31. The summed E-state index contributed by atoms with van der Waals surface area (Å²) in [7, 11) is 1.64. The van der Waals surface area contributed by atoms with E-state index in [1.165, 1.54) is 16.7 Å². The van der Waals surface area contributed by atoms with Crippen LogP contribution in [0.2, 0.25) is 0 Å². The van der Waals surface area contributed by atoms with Crippen LogP contribution in [0.4, 0.5) is 0 Å². The Morgan fingerprint density at radius 1 is 1.30 bits per heavy atom. The van der Waals surface area contributed by atoms with Gasteiger partial charge in [-0.05, 0) is 25.8 Å². The predicted octanol–water partition coefficient (Wildman–Crippen LogP) is 3.26. The molecule has 0 amide bonds. The molecule has 1 aromatic heterocycles. The zero-order valence-corrected chi connectivity index (χ0v) is 14.9.